The molecule has 3 heteroatoms. The Morgan fingerprint density at radius 2 is 2.11 bits per heavy atom. The molecule has 2 fully saturated rings. The van der Waals surface area contributed by atoms with Gasteiger partial charge >= 0.3 is 0 Å². The van der Waals surface area contributed by atoms with E-state index < -0.39 is 11.4 Å². The van der Waals surface area contributed by atoms with Crippen molar-refractivity contribution in [3.05, 3.63) is 35.4 Å². The van der Waals surface area contributed by atoms with Gasteiger partial charge in [-0.2, -0.15) is 0 Å². The van der Waals surface area contributed by atoms with Gasteiger partial charge in [-0.15, -0.1) is 0 Å². The maximum Gasteiger partial charge on any atom is 0.163 e. The largest absolute Gasteiger partial charge is 0.390 e. The summed E-state index contributed by atoms with van der Waals surface area (Å²) in [4.78, 5) is 0. The van der Waals surface area contributed by atoms with Crippen LogP contribution in [-0.2, 0) is 15.9 Å². The molecule has 1 atom stereocenters. The molecule has 1 saturated carbocycles. The Morgan fingerprint density at radius 3 is 2.72 bits per heavy atom. The predicted molar refractivity (Wildman–Crippen MR) is 68.2 cm³/mol. The first kappa shape index (κ1) is 12.2. The standard InChI is InChI=1S/C15H20O3/c1-14(2)17-10-13(18-14)12-5-3-4-11(8-12)9-15(16)6-7-15/h3-5,8,13,16H,6-7,9-10H2,1-2H3. The van der Waals surface area contributed by atoms with E-state index in [2.05, 4.69) is 18.2 Å². The molecule has 1 heterocycles. The molecule has 1 aliphatic heterocycles. The normalized spacial score (nSPS) is 28.3. The molecule has 3 nitrogen and oxygen atoms in total. The zero-order valence-corrected chi connectivity index (χ0v) is 11.0. The third-order valence-electron chi connectivity index (χ3n) is 3.69. The van der Waals surface area contributed by atoms with Gasteiger partial charge in [0, 0.05) is 6.42 Å². The van der Waals surface area contributed by atoms with Crippen molar-refractivity contribution in [2.45, 2.75) is 50.6 Å². The molecule has 1 N–H and O–H groups in total. The van der Waals surface area contributed by atoms with E-state index in [-0.39, 0.29) is 6.10 Å². The van der Waals surface area contributed by atoms with Crippen molar-refractivity contribution in [3.8, 4) is 0 Å². The highest BCUT2D eigenvalue weighted by atomic mass is 16.7. The van der Waals surface area contributed by atoms with Crippen LogP contribution in [0.2, 0.25) is 0 Å². The summed E-state index contributed by atoms with van der Waals surface area (Å²) < 4.78 is 11.4. The van der Waals surface area contributed by atoms with Crippen molar-refractivity contribution >= 4 is 0 Å². The summed E-state index contributed by atoms with van der Waals surface area (Å²) in [6.45, 7) is 4.47. The summed E-state index contributed by atoms with van der Waals surface area (Å²) >= 11 is 0. The van der Waals surface area contributed by atoms with E-state index in [1.165, 1.54) is 5.56 Å². The van der Waals surface area contributed by atoms with Gasteiger partial charge < -0.3 is 14.6 Å². The second-order valence-electron chi connectivity index (χ2n) is 5.96. The molecule has 18 heavy (non-hydrogen) atoms. The number of benzene rings is 1. The van der Waals surface area contributed by atoms with Crippen molar-refractivity contribution in [2.24, 2.45) is 0 Å². The molecule has 0 aromatic heterocycles. The van der Waals surface area contributed by atoms with E-state index in [1.807, 2.05) is 19.9 Å². The van der Waals surface area contributed by atoms with Crippen LogP contribution in [0, 0.1) is 0 Å². The number of hydrogen-bond acceptors (Lipinski definition) is 3. The lowest BCUT2D eigenvalue weighted by atomic mass is 10.0. The van der Waals surface area contributed by atoms with Gasteiger partial charge in [0.05, 0.1) is 12.2 Å². The number of aliphatic hydroxyl groups is 1. The topological polar surface area (TPSA) is 38.7 Å². The van der Waals surface area contributed by atoms with Crippen molar-refractivity contribution in [2.75, 3.05) is 6.61 Å². The predicted octanol–water partition coefficient (Wildman–Crippen LogP) is 2.58. The third kappa shape index (κ3) is 2.58. The van der Waals surface area contributed by atoms with E-state index >= 15 is 0 Å². The van der Waals surface area contributed by atoms with Crippen molar-refractivity contribution in [1.82, 2.24) is 0 Å². The molecule has 1 aromatic rings. The van der Waals surface area contributed by atoms with Crippen LogP contribution in [0.15, 0.2) is 24.3 Å². The van der Waals surface area contributed by atoms with Gasteiger partial charge in [-0.3, -0.25) is 0 Å². The highest BCUT2D eigenvalue weighted by Crippen LogP contribution is 2.39. The van der Waals surface area contributed by atoms with Gasteiger partial charge in [0.1, 0.15) is 6.10 Å². The molecule has 98 valence electrons. The lowest BCUT2D eigenvalue weighted by Gasteiger charge is -2.17. The molecule has 1 saturated heterocycles. The van der Waals surface area contributed by atoms with Gasteiger partial charge in [-0.1, -0.05) is 24.3 Å². The summed E-state index contributed by atoms with van der Waals surface area (Å²) in [5.74, 6) is -0.491. The molecule has 1 aromatic carbocycles. The van der Waals surface area contributed by atoms with Crippen LogP contribution in [0.1, 0.15) is 43.9 Å². The van der Waals surface area contributed by atoms with Crippen LogP contribution < -0.4 is 0 Å². The fourth-order valence-electron chi connectivity index (χ4n) is 2.46. The van der Waals surface area contributed by atoms with Crippen LogP contribution in [-0.4, -0.2) is 23.1 Å². The average Bonchev–Trinajstić information content (AvgIpc) is 2.90. The summed E-state index contributed by atoms with van der Waals surface area (Å²) in [5.41, 5.74) is 1.88. The first-order chi connectivity index (χ1) is 8.46. The first-order valence-corrected chi connectivity index (χ1v) is 6.59. The van der Waals surface area contributed by atoms with Gasteiger partial charge in [0.15, 0.2) is 5.79 Å². The summed E-state index contributed by atoms with van der Waals surface area (Å²) in [5, 5.41) is 9.97. The van der Waals surface area contributed by atoms with Crippen LogP contribution in [0.4, 0.5) is 0 Å². The molecule has 3 rings (SSSR count). The lowest BCUT2D eigenvalue weighted by Crippen LogP contribution is -2.19. The summed E-state index contributed by atoms with van der Waals surface area (Å²) in [6, 6.07) is 8.30. The molecule has 0 amide bonds. The average molecular weight is 248 g/mol. The smallest absolute Gasteiger partial charge is 0.163 e. The molecule has 1 unspecified atom stereocenters. The minimum Gasteiger partial charge on any atom is -0.390 e. The number of ether oxygens (including phenoxy) is 2. The SMILES string of the molecule is CC1(C)OCC(c2cccc(CC3(O)CC3)c2)O1. The summed E-state index contributed by atoms with van der Waals surface area (Å²) in [6.07, 6.45) is 2.60. The Labute approximate surface area is 108 Å². The van der Waals surface area contributed by atoms with E-state index in [1.54, 1.807) is 0 Å². The Morgan fingerprint density at radius 1 is 1.33 bits per heavy atom. The maximum atomic E-state index is 9.97. The highest BCUT2D eigenvalue weighted by molar-refractivity contribution is 5.28. The second-order valence-corrected chi connectivity index (χ2v) is 5.96. The van der Waals surface area contributed by atoms with E-state index in [0.717, 1.165) is 24.8 Å². The zero-order chi connectivity index (χ0) is 12.8. The Kier molecular flexibility index (Phi) is 2.73. The second kappa shape index (κ2) is 4.05. The first-order valence-electron chi connectivity index (χ1n) is 6.59. The molecule has 1 aliphatic carbocycles. The molecule has 0 spiro atoms. The van der Waals surface area contributed by atoms with Crippen molar-refractivity contribution in [3.63, 3.8) is 0 Å². The molecular weight excluding hydrogens is 228 g/mol. The quantitative estimate of drug-likeness (QED) is 0.893. The minimum atomic E-state index is -0.491. The van der Waals surface area contributed by atoms with Gasteiger partial charge in [0.2, 0.25) is 0 Å². The summed E-state index contributed by atoms with van der Waals surface area (Å²) in [7, 11) is 0. The molecule has 0 radical (unpaired) electrons. The third-order valence-corrected chi connectivity index (χ3v) is 3.69. The van der Waals surface area contributed by atoms with Gasteiger partial charge in [-0.05, 0) is 37.8 Å². The molecule has 2 aliphatic rings. The van der Waals surface area contributed by atoms with Crippen molar-refractivity contribution in [1.29, 1.82) is 0 Å². The van der Waals surface area contributed by atoms with Crippen molar-refractivity contribution < 1.29 is 14.6 Å². The van der Waals surface area contributed by atoms with Gasteiger partial charge in [-0.25, -0.2) is 0 Å². The molecule has 0 bridgehead atoms. The fraction of sp³-hybridized carbons (Fsp3) is 0.600. The lowest BCUT2D eigenvalue weighted by molar-refractivity contribution is -0.139. The maximum absolute atomic E-state index is 9.97. The number of rotatable bonds is 3. The van der Waals surface area contributed by atoms with E-state index in [9.17, 15) is 5.11 Å². The highest BCUT2D eigenvalue weighted by Gasteiger charge is 2.40. The Bertz CT molecular complexity index is 449. The zero-order valence-electron chi connectivity index (χ0n) is 11.0. The minimum absolute atomic E-state index is 0.00814. The van der Waals surface area contributed by atoms with Gasteiger partial charge in [0.25, 0.3) is 0 Å². The monoisotopic (exact) mass is 248 g/mol. The Hall–Kier alpha value is -0.900. The van der Waals surface area contributed by atoms with Crippen LogP contribution in [0.5, 0.6) is 0 Å². The van der Waals surface area contributed by atoms with E-state index in [4.69, 9.17) is 9.47 Å². The number of hydrogen-bond donors (Lipinski definition) is 1. The van der Waals surface area contributed by atoms with Crippen LogP contribution >= 0.6 is 0 Å². The van der Waals surface area contributed by atoms with Crippen LogP contribution in [0.25, 0.3) is 0 Å². The fourth-order valence-corrected chi connectivity index (χ4v) is 2.46. The van der Waals surface area contributed by atoms with E-state index in [0.29, 0.717) is 6.61 Å². The van der Waals surface area contributed by atoms with Crippen LogP contribution in [0.3, 0.4) is 0 Å². The Balaban J connectivity index is 1.75. The molecular formula is C15H20O3.